The van der Waals surface area contributed by atoms with E-state index in [2.05, 4.69) is 39.1 Å². The number of nitrogen functional groups attached to an aromatic ring is 1. The fourth-order valence-electron chi connectivity index (χ4n) is 1.88. The van der Waals surface area contributed by atoms with Gasteiger partial charge in [-0.25, -0.2) is 15.0 Å². The molecule has 0 saturated heterocycles. The van der Waals surface area contributed by atoms with Crippen LogP contribution in [0.3, 0.4) is 0 Å². The largest absolute Gasteiger partial charge is 0.383 e. The van der Waals surface area contributed by atoms with Gasteiger partial charge in [-0.1, -0.05) is 13.8 Å². The van der Waals surface area contributed by atoms with Crippen molar-refractivity contribution in [1.82, 2.24) is 19.9 Å². The number of aromatic nitrogens is 4. The standard InChI is InChI=1S/C13H18N6OS/c1-4-15-11-10(7(2)3)12(17-6-16-11)21-13-18-8(14)5-9(20)19-13/h5-7H,4H2,1-3H3,(H,15,16,17)(H3,14,18,19,20). The molecule has 0 fully saturated rings. The molecule has 112 valence electrons. The van der Waals surface area contributed by atoms with E-state index >= 15 is 0 Å². The van der Waals surface area contributed by atoms with Crippen LogP contribution in [0.25, 0.3) is 0 Å². The van der Waals surface area contributed by atoms with Gasteiger partial charge in [-0.05, 0) is 24.6 Å². The van der Waals surface area contributed by atoms with E-state index in [1.807, 2.05) is 6.92 Å². The third kappa shape index (κ3) is 3.72. The van der Waals surface area contributed by atoms with Crippen LogP contribution in [0, 0.1) is 0 Å². The number of nitrogens with two attached hydrogens (primary N) is 1. The minimum atomic E-state index is -0.281. The fourth-order valence-corrected chi connectivity index (χ4v) is 2.91. The molecule has 0 spiro atoms. The molecule has 0 bridgehead atoms. The van der Waals surface area contributed by atoms with Gasteiger partial charge in [0.2, 0.25) is 0 Å². The van der Waals surface area contributed by atoms with Gasteiger partial charge < -0.3 is 16.0 Å². The van der Waals surface area contributed by atoms with Crippen molar-refractivity contribution in [3.63, 3.8) is 0 Å². The normalized spacial score (nSPS) is 10.9. The average molecular weight is 306 g/mol. The zero-order valence-electron chi connectivity index (χ0n) is 12.2. The van der Waals surface area contributed by atoms with Crippen LogP contribution in [0.2, 0.25) is 0 Å². The van der Waals surface area contributed by atoms with Crippen molar-refractivity contribution in [1.29, 1.82) is 0 Å². The summed E-state index contributed by atoms with van der Waals surface area (Å²) in [6, 6.07) is 1.25. The molecule has 4 N–H and O–H groups in total. The van der Waals surface area contributed by atoms with Gasteiger partial charge in [0.05, 0.1) is 0 Å². The molecule has 0 saturated carbocycles. The van der Waals surface area contributed by atoms with Gasteiger partial charge in [0.15, 0.2) is 5.16 Å². The van der Waals surface area contributed by atoms with Gasteiger partial charge in [0, 0.05) is 18.2 Å². The molecular formula is C13H18N6OS. The molecule has 0 radical (unpaired) electrons. The van der Waals surface area contributed by atoms with E-state index in [9.17, 15) is 4.79 Å². The molecule has 8 heteroatoms. The highest BCUT2D eigenvalue weighted by Crippen LogP contribution is 2.33. The number of rotatable bonds is 5. The lowest BCUT2D eigenvalue weighted by Gasteiger charge is -2.15. The molecule has 0 atom stereocenters. The average Bonchev–Trinajstić information content (AvgIpc) is 2.37. The van der Waals surface area contributed by atoms with Crippen molar-refractivity contribution in [2.45, 2.75) is 36.9 Å². The molecule has 2 aromatic rings. The highest BCUT2D eigenvalue weighted by Gasteiger charge is 2.16. The minimum Gasteiger partial charge on any atom is -0.383 e. The molecular weight excluding hydrogens is 288 g/mol. The van der Waals surface area contributed by atoms with Crippen molar-refractivity contribution in [2.75, 3.05) is 17.6 Å². The second-order valence-corrected chi connectivity index (χ2v) is 5.68. The number of hydrogen-bond acceptors (Lipinski definition) is 7. The zero-order chi connectivity index (χ0) is 15.4. The van der Waals surface area contributed by atoms with Crippen LogP contribution in [-0.4, -0.2) is 26.5 Å². The van der Waals surface area contributed by atoms with Crippen LogP contribution in [0.5, 0.6) is 0 Å². The number of hydrogen-bond donors (Lipinski definition) is 3. The molecule has 2 heterocycles. The Hall–Kier alpha value is -2.09. The summed E-state index contributed by atoms with van der Waals surface area (Å²) in [5.74, 6) is 1.22. The topological polar surface area (TPSA) is 110 Å². The Bertz CT molecular complexity index is 685. The van der Waals surface area contributed by atoms with E-state index in [0.29, 0.717) is 5.16 Å². The first-order valence-corrected chi connectivity index (χ1v) is 7.46. The first-order valence-electron chi connectivity index (χ1n) is 6.64. The van der Waals surface area contributed by atoms with E-state index in [1.165, 1.54) is 24.2 Å². The zero-order valence-corrected chi connectivity index (χ0v) is 13.0. The van der Waals surface area contributed by atoms with E-state index in [4.69, 9.17) is 5.73 Å². The van der Waals surface area contributed by atoms with Crippen LogP contribution in [0.4, 0.5) is 11.6 Å². The molecule has 0 aliphatic heterocycles. The van der Waals surface area contributed by atoms with Crippen LogP contribution >= 0.6 is 11.8 Å². The quantitative estimate of drug-likeness (QED) is 0.571. The summed E-state index contributed by atoms with van der Waals surface area (Å²) in [5.41, 5.74) is 6.31. The molecule has 0 unspecified atom stereocenters. The SMILES string of the molecule is CCNc1ncnc(Sc2nc(N)cc(=O)[nH]2)c1C(C)C. The minimum absolute atomic E-state index is 0.188. The summed E-state index contributed by atoms with van der Waals surface area (Å²) in [7, 11) is 0. The third-order valence-corrected chi connectivity index (χ3v) is 3.61. The molecule has 21 heavy (non-hydrogen) atoms. The monoisotopic (exact) mass is 306 g/mol. The lowest BCUT2D eigenvalue weighted by Crippen LogP contribution is -2.10. The maximum Gasteiger partial charge on any atom is 0.253 e. The Morgan fingerprint density at radius 1 is 1.43 bits per heavy atom. The molecule has 7 nitrogen and oxygen atoms in total. The van der Waals surface area contributed by atoms with Crippen molar-refractivity contribution < 1.29 is 0 Å². The van der Waals surface area contributed by atoms with Gasteiger partial charge in [-0.15, -0.1) is 0 Å². The summed E-state index contributed by atoms with van der Waals surface area (Å²) in [5, 5.41) is 4.40. The first kappa shape index (κ1) is 15.3. The van der Waals surface area contributed by atoms with Crippen molar-refractivity contribution in [3.05, 3.63) is 28.3 Å². The van der Waals surface area contributed by atoms with Crippen molar-refractivity contribution >= 4 is 23.4 Å². The maximum atomic E-state index is 11.5. The molecule has 2 rings (SSSR count). The summed E-state index contributed by atoms with van der Waals surface area (Å²) in [6.45, 7) is 6.92. The number of aromatic amines is 1. The van der Waals surface area contributed by atoms with Crippen LogP contribution < -0.4 is 16.6 Å². The number of nitrogens with zero attached hydrogens (tertiary/aromatic N) is 3. The van der Waals surface area contributed by atoms with Gasteiger partial charge in [0.1, 0.15) is 23.0 Å². The van der Waals surface area contributed by atoms with E-state index in [-0.39, 0.29) is 17.3 Å². The third-order valence-electron chi connectivity index (χ3n) is 2.70. The van der Waals surface area contributed by atoms with Crippen molar-refractivity contribution in [2.24, 2.45) is 0 Å². The van der Waals surface area contributed by atoms with Gasteiger partial charge in [-0.2, -0.15) is 0 Å². The fraction of sp³-hybridized carbons (Fsp3) is 0.385. The van der Waals surface area contributed by atoms with E-state index in [0.717, 1.165) is 23.0 Å². The summed E-state index contributed by atoms with van der Waals surface area (Å²) < 4.78 is 0. The lowest BCUT2D eigenvalue weighted by molar-refractivity contribution is 0.801. The Morgan fingerprint density at radius 2 is 2.19 bits per heavy atom. The number of nitrogens with one attached hydrogen (secondary N) is 2. The predicted octanol–water partition coefficient (Wildman–Crippen LogP) is 1.85. The lowest BCUT2D eigenvalue weighted by atomic mass is 10.1. The predicted molar refractivity (Wildman–Crippen MR) is 83.7 cm³/mol. The molecule has 0 aliphatic carbocycles. The second kappa shape index (κ2) is 6.57. The highest BCUT2D eigenvalue weighted by atomic mass is 32.2. The highest BCUT2D eigenvalue weighted by molar-refractivity contribution is 7.99. The Labute approximate surface area is 126 Å². The van der Waals surface area contributed by atoms with E-state index in [1.54, 1.807) is 0 Å². The Balaban J connectivity index is 2.43. The van der Waals surface area contributed by atoms with Gasteiger partial charge in [-0.3, -0.25) is 4.79 Å². The van der Waals surface area contributed by atoms with Crippen LogP contribution in [0.15, 0.2) is 27.4 Å². The van der Waals surface area contributed by atoms with Crippen LogP contribution in [0.1, 0.15) is 32.3 Å². The number of anilines is 2. The van der Waals surface area contributed by atoms with Crippen LogP contribution in [-0.2, 0) is 0 Å². The number of H-pyrrole nitrogens is 1. The second-order valence-electron chi connectivity index (χ2n) is 4.70. The summed E-state index contributed by atoms with van der Waals surface area (Å²) in [4.78, 5) is 26.8. The molecule has 0 amide bonds. The van der Waals surface area contributed by atoms with Gasteiger partial charge >= 0.3 is 0 Å². The summed E-state index contributed by atoms with van der Waals surface area (Å²) >= 11 is 1.27. The Kier molecular flexibility index (Phi) is 4.79. The Morgan fingerprint density at radius 3 is 2.81 bits per heavy atom. The first-order chi connectivity index (χ1) is 10.0. The summed E-state index contributed by atoms with van der Waals surface area (Å²) in [6.07, 6.45) is 1.50. The van der Waals surface area contributed by atoms with E-state index < -0.39 is 0 Å². The molecule has 0 aliphatic rings. The maximum absolute atomic E-state index is 11.5. The smallest absolute Gasteiger partial charge is 0.253 e. The van der Waals surface area contributed by atoms with Crippen molar-refractivity contribution in [3.8, 4) is 0 Å². The molecule has 2 aromatic heterocycles. The van der Waals surface area contributed by atoms with Gasteiger partial charge in [0.25, 0.3) is 5.56 Å². The molecule has 0 aromatic carbocycles.